The maximum atomic E-state index is 11.5. The van der Waals surface area contributed by atoms with Crippen molar-refractivity contribution in [3.8, 4) is 18.6 Å². The standard InChI is InChI=1S/C18H22Cl2O2.C2H2/c1-5-6-7-12(2)18(21)10-17(3,4)11-22-16-9-15(20)14(19)8-13(16)18;1-2/h5-9,21H,10-11H2,1-4H3;1-2H/b6-5-,12-7+;. The second-order valence-electron chi connectivity index (χ2n) is 6.63. The van der Waals surface area contributed by atoms with Gasteiger partial charge in [-0.1, -0.05) is 55.3 Å². The van der Waals surface area contributed by atoms with E-state index in [1.165, 1.54) is 0 Å². The smallest absolute Gasteiger partial charge is 0.127 e. The summed E-state index contributed by atoms with van der Waals surface area (Å²) in [6.45, 7) is 8.54. The van der Waals surface area contributed by atoms with E-state index in [9.17, 15) is 5.11 Å². The highest BCUT2D eigenvalue weighted by Crippen LogP contribution is 2.48. The van der Waals surface area contributed by atoms with Gasteiger partial charge in [-0.25, -0.2) is 0 Å². The Morgan fingerprint density at radius 3 is 2.42 bits per heavy atom. The van der Waals surface area contributed by atoms with Crippen LogP contribution < -0.4 is 4.74 Å². The van der Waals surface area contributed by atoms with Gasteiger partial charge in [0.25, 0.3) is 0 Å². The molecule has 0 bridgehead atoms. The first-order chi connectivity index (χ1) is 11.2. The number of benzene rings is 1. The third-order valence-electron chi connectivity index (χ3n) is 4.01. The minimum atomic E-state index is -1.14. The van der Waals surface area contributed by atoms with Crippen molar-refractivity contribution in [2.24, 2.45) is 5.41 Å². The van der Waals surface area contributed by atoms with Crippen molar-refractivity contribution in [3.63, 3.8) is 0 Å². The van der Waals surface area contributed by atoms with Gasteiger partial charge in [-0.2, -0.15) is 0 Å². The van der Waals surface area contributed by atoms with Crippen LogP contribution in [0, 0.1) is 18.3 Å². The number of ether oxygens (including phenoxy) is 1. The third-order valence-corrected chi connectivity index (χ3v) is 4.73. The minimum absolute atomic E-state index is 0.183. The molecule has 0 saturated carbocycles. The van der Waals surface area contributed by atoms with Crippen LogP contribution in [0.15, 0.2) is 35.9 Å². The largest absolute Gasteiger partial charge is 0.493 e. The Morgan fingerprint density at radius 1 is 1.25 bits per heavy atom. The van der Waals surface area contributed by atoms with E-state index in [0.717, 1.165) is 5.57 Å². The Morgan fingerprint density at radius 2 is 1.83 bits per heavy atom. The normalized spacial score (nSPS) is 22.8. The number of halogens is 2. The van der Waals surface area contributed by atoms with Crippen LogP contribution in [0.5, 0.6) is 5.75 Å². The van der Waals surface area contributed by atoms with E-state index >= 15 is 0 Å². The van der Waals surface area contributed by atoms with Gasteiger partial charge in [0, 0.05) is 17.0 Å². The second kappa shape index (κ2) is 8.12. The molecule has 1 unspecified atom stereocenters. The molecule has 4 heteroatoms. The van der Waals surface area contributed by atoms with Crippen LogP contribution in [0.25, 0.3) is 0 Å². The highest BCUT2D eigenvalue weighted by atomic mass is 35.5. The molecule has 1 aliphatic heterocycles. The maximum Gasteiger partial charge on any atom is 0.127 e. The van der Waals surface area contributed by atoms with Gasteiger partial charge in [-0.3, -0.25) is 0 Å². The Bertz CT molecular complexity index is 672. The zero-order valence-corrected chi connectivity index (χ0v) is 16.1. The fourth-order valence-corrected chi connectivity index (χ4v) is 3.13. The minimum Gasteiger partial charge on any atom is -0.493 e. The van der Waals surface area contributed by atoms with E-state index in [-0.39, 0.29) is 5.41 Å². The van der Waals surface area contributed by atoms with Crippen molar-refractivity contribution in [2.75, 3.05) is 6.61 Å². The van der Waals surface area contributed by atoms with Crippen molar-refractivity contribution < 1.29 is 9.84 Å². The molecule has 1 heterocycles. The number of aliphatic hydroxyl groups is 1. The van der Waals surface area contributed by atoms with Gasteiger partial charge >= 0.3 is 0 Å². The van der Waals surface area contributed by atoms with E-state index in [0.29, 0.717) is 34.4 Å². The summed E-state index contributed by atoms with van der Waals surface area (Å²) in [5.41, 5.74) is 0.204. The van der Waals surface area contributed by atoms with Crippen LogP contribution in [0.3, 0.4) is 0 Å². The van der Waals surface area contributed by atoms with Crippen molar-refractivity contribution >= 4 is 23.2 Å². The fourth-order valence-electron chi connectivity index (χ4n) is 2.81. The van der Waals surface area contributed by atoms with E-state index in [1.54, 1.807) is 12.1 Å². The van der Waals surface area contributed by atoms with E-state index < -0.39 is 5.60 Å². The molecule has 24 heavy (non-hydrogen) atoms. The topological polar surface area (TPSA) is 29.5 Å². The van der Waals surface area contributed by atoms with Crippen molar-refractivity contribution in [2.45, 2.75) is 39.7 Å². The molecule has 1 aliphatic rings. The summed E-state index contributed by atoms with van der Waals surface area (Å²) in [6.07, 6.45) is 14.3. The summed E-state index contributed by atoms with van der Waals surface area (Å²) < 4.78 is 5.90. The SMILES string of the molecule is C#C.C/C=C\C=C(/C)C1(O)CC(C)(C)COc2cc(Cl)c(Cl)cc21. The zero-order valence-electron chi connectivity index (χ0n) is 14.6. The third kappa shape index (κ3) is 4.36. The predicted octanol–water partition coefficient (Wildman–Crippen LogP) is 5.76. The van der Waals surface area contributed by atoms with Gasteiger partial charge in [-0.15, -0.1) is 12.8 Å². The molecule has 2 nitrogen and oxygen atoms in total. The molecule has 2 rings (SSSR count). The molecule has 1 aromatic carbocycles. The van der Waals surface area contributed by atoms with Crippen LogP contribution in [0.1, 0.15) is 39.7 Å². The van der Waals surface area contributed by atoms with E-state index in [1.807, 2.05) is 32.1 Å². The molecule has 0 aromatic heterocycles. The van der Waals surface area contributed by atoms with Crippen LogP contribution in [0.2, 0.25) is 10.0 Å². The second-order valence-corrected chi connectivity index (χ2v) is 7.44. The Labute approximate surface area is 155 Å². The molecule has 0 fully saturated rings. The lowest BCUT2D eigenvalue weighted by molar-refractivity contribution is 0.0265. The Balaban J connectivity index is 0.00000139. The molecule has 0 aliphatic carbocycles. The Hall–Kier alpha value is -1.40. The lowest BCUT2D eigenvalue weighted by Gasteiger charge is -2.34. The highest BCUT2D eigenvalue weighted by molar-refractivity contribution is 6.42. The van der Waals surface area contributed by atoms with Crippen LogP contribution in [0.4, 0.5) is 0 Å². The summed E-state index contributed by atoms with van der Waals surface area (Å²) >= 11 is 12.3. The highest BCUT2D eigenvalue weighted by Gasteiger charge is 2.42. The molecular formula is C20H24Cl2O2. The number of hydrogen-bond acceptors (Lipinski definition) is 2. The fraction of sp³-hybridized carbons (Fsp3) is 0.400. The van der Waals surface area contributed by atoms with Gasteiger partial charge in [-0.05, 0) is 31.9 Å². The molecule has 0 spiro atoms. The van der Waals surface area contributed by atoms with E-state index in [4.69, 9.17) is 27.9 Å². The zero-order chi connectivity index (χ0) is 18.5. The molecule has 0 radical (unpaired) electrons. The predicted molar refractivity (Wildman–Crippen MR) is 103 cm³/mol. The van der Waals surface area contributed by atoms with Gasteiger partial charge in [0.05, 0.1) is 16.7 Å². The molecule has 1 atom stereocenters. The monoisotopic (exact) mass is 366 g/mol. The van der Waals surface area contributed by atoms with Gasteiger partial charge in [0.1, 0.15) is 11.4 Å². The summed E-state index contributed by atoms with van der Waals surface area (Å²) in [5, 5.41) is 12.3. The molecule has 0 amide bonds. The number of rotatable bonds is 2. The molecule has 130 valence electrons. The van der Waals surface area contributed by atoms with Crippen molar-refractivity contribution in [1.82, 2.24) is 0 Å². The first kappa shape index (κ1) is 20.6. The number of hydrogen-bond donors (Lipinski definition) is 1. The summed E-state index contributed by atoms with van der Waals surface area (Å²) in [4.78, 5) is 0. The molecular weight excluding hydrogens is 343 g/mol. The number of fused-ring (bicyclic) bond motifs is 1. The van der Waals surface area contributed by atoms with Crippen molar-refractivity contribution in [3.05, 3.63) is 51.5 Å². The van der Waals surface area contributed by atoms with Crippen LogP contribution in [-0.4, -0.2) is 11.7 Å². The Kier molecular flexibility index (Phi) is 6.98. The molecule has 1 aromatic rings. The quantitative estimate of drug-likeness (QED) is 0.532. The maximum absolute atomic E-state index is 11.5. The molecule has 1 N–H and O–H groups in total. The van der Waals surface area contributed by atoms with Crippen molar-refractivity contribution in [1.29, 1.82) is 0 Å². The van der Waals surface area contributed by atoms with E-state index in [2.05, 4.69) is 26.7 Å². The molecule has 0 saturated heterocycles. The van der Waals surface area contributed by atoms with Crippen LogP contribution in [-0.2, 0) is 5.60 Å². The first-order valence-corrected chi connectivity index (χ1v) is 8.43. The van der Waals surface area contributed by atoms with Gasteiger partial charge < -0.3 is 9.84 Å². The lowest BCUT2D eigenvalue weighted by atomic mass is 9.74. The first-order valence-electron chi connectivity index (χ1n) is 7.68. The van der Waals surface area contributed by atoms with Crippen LogP contribution >= 0.6 is 23.2 Å². The lowest BCUT2D eigenvalue weighted by Crippen LogP contribution is -2.33. The number of allylic oxidation sites excluding steroid dienone is 3. The summed E-state index contributed by atoms with van der Waals surface area (Å²) in [6, 6.07) is 3.40. The summed E-state index contributed by atoms with van der Waals surface area (Å²) in [7, 11) is 0. The van der Waals surface area contributed by atoms with Gasteiger partial charge in [0.15, 0.2) is 0 Å². The summed E-state index contributed by atoms with van der Waals surface area (Å²) in [5.74, 6) is 0.593. The average molecular weight is 367 g/mol. The number of terminal acetylenes is 1. The van der Waals surface area contributed by atoms with Gasteiger partial charge in [0.2, 0.25) is 0 Å². The average Bonchev–Trinajstić information content (AvgIpc) is 2.63.